The normalized spacial score (nSPS) is 10.4. The fraction of sp³-hybridized carbons (Fsp3) is 0.300. The van der Waals surface area contributed by atoms with Crippen LogP contribution >= 0.6 is 0 Å². The highest BCUT2D eigenvalue weighted by atomic mass is 16.5. The van der Waals surface area contributed by atoms with Gasteiger partial charge < -0.3 is 14.9 Å². The first-order valence-electron chi connectivity index (χ1n) is 5.41. The number of nitrogens with zero attached hydrogens (tertiary/aromatic N) is 4. The molecule has 2 aromatic rings. The number of aromatic nitrogens is 4. The number of carboxylic acids is 1. The SMILES string of the molecule is Cc1cc(C(=O)NCCn2cc(C(=O)O)nn2)no1. The number of carbonyl (C=O) groups excluding carboxylic acids is 1. The Morgan fingerprint density at radius 3 is 2.84 bits per heavy atom. The first-order chi connectivity index (χ1) is 9.06. The van der Waals surface area contributed by atoms with Gasteiger partial charge in [-0.1, -0.05) is 10.4 Å². The molecule has 9 nitrogen and oxygen atoms in total. The maximum Gasteiger partial charge on any atom is 0.358 e. The lowest BCUT2D eigenvalue weighted by molar-refractivity contribution is 0.0690. The largest absolute Gasteiger partial charge is 0.476 e. The zero-order chi connectivity index (χ0) is 13.8. The first kappa shape index (κ1) is 12.7. The Bertz CT molecular complexity index is 603. The van der Waals surface area contributed by atoms with Crippen molar-refractivity contribution in [2.45, 2.75) is 13.5 Å². The van der Waals surface area contributed by atoms with Crippen molar-refractivity contribution in [3.05, 3.63) is 29.4 Å². The lowest BCUT2D eigenvalue weighted by Crippen LogP contribution is -2.27. The number of carbonyl (C=O) groups is 2. The molecule has 2 heterocycles. The molecule has 2 rings (SSSR count). The van der Waals surface area contributed by atoms with Crippen LogP contribution in [0.15, 0.2) is 16.8 Å². The molecule has 0 saturated carbocycles. The number of rotatable bonds is 5. The number of hydrogen-bond acceptors (Lipinski definition) is 6. The molecule has 0 atom stereocenters. The second kappa shape index (κ2) is 5.29. The van der Waals surface area contributed by atoms with Crippen LogP contribution in [0.4, 0.5) is 0 Å². The lowest BCUT2D eigenvalue weighted by Gasteiger charge is -2.01. The van der Waals surface area contributed by atoms with Gasteiger partial charge in [0.25, 0.3) is 5.91 Å². The van der Waals surface area contributed by atoms with Gasteiger partial charge in [0, 0.05) is 12.6 Å². The summed E-state index contributed by atoms with van der Waals surface area (Å²) in [4.78, 5) is 22.2. The summed E-state index contributed by atoms with van der Waals surface area (Å²) < 4.78 is 6.11. The Balaban J connectivity index is 1.83. The van der Waals surface area contributed by atoms with Crippen LogP contribution in [-0.2, 0) is 6.54 Å². The summed E-state index contributed by atoms with van der Waals surface area (Å²) in [6, 6.07) is 1.52. The molecule has 0 aromatic carbocycles. The number of carboxylic acid groups (broad SMARTS) is 1. The predicted octanol–water partition coefficient (Wildman–Crippen LogP) is -0.297. The van der Waals surface area contributed by atoms with E-state index >= 15 is 0 Å². The van der Waals surface area contributed by atoms with Crippen LogP contribution in [0.5, 0.6) is 0 Å². The molecule has 0 aliphatic rings. The summed E-state index contributed by atoms with van der Waals surface area (Å²) in [7, 11) is 0. The van der Waals surface area contributed by atoms with Gasteiger partial charge in [-0.3, -0.25) is 4.79 Å². The van der Waals surface area contributed by atoms with E-state index in [4.69, 9.17) is 9.63 Å². The van der Waals surface area contributed by atoms with Crippen molar-refractivity contribution in [2.75, 3.05) is 6.54 Å². The van der Waals surface area contributed by atoms with Gasteiger partial charge in [-0.15, -0.1) is 5.10 Å². The van der Waals surface area contributed by atoms with Crippen LogP contribution in [0.3, 0.4) is 0 Å². The maximum atomic E-state index is 11.6. The lowest BCUT2D eigenvalue weighted by atomic mass is 10.3. The van der Waals surface area contributed by atoms with E-state index in [0.29, 0.717) is 12.3 Å². The number of amides is 1. The van der Waals surface area contributed by atoms with Crippen molar-refractivity contribution in [1.29, 1.82) is 0 Å². The molecule has 0 spiro atoms. The van der Waals surface area contributed by atoms with E-state index in [1.54, 1.807) is 6.92 Å². The van der Waals surface area contributed by atoms with Gasteiger partial charge in [0.2, 0.25) is 0 Å². The molecule has 0 fully saturated rings. The minimum Gasteiger partial charge on any atom is -0.476 e. The van der Waals surface area contributed by atoms with Crippen molar-refractivity contribution in [3.63, 3.8) is 0 Å². The molecule has 19 heavy (non-hydrogen) atoms. The average molecular weight is 265 g/mol. The second-order valence-electron chi connectivity index (χ2n) is 3.75. The van der Waals surface area contributed by atoms with Crippen molar-refractivity contribution < 1.29 is 19.2 Å². The summed E-state index contributed by atoms with van der Waals surface area (Å²) in [6.07, 6.45) is 1.29. The zero-order valence-corrected chi connectivity index (χ0v) is 10.0. The van der Waals surface area contributed by atoms with E-state index in [9.17, 15) is 9.59 Å². The average Bonchev–Trinajstić information content (AvgIpc) is 2.98. The van der Waals surface area contributed by atoms with Crippen molar-refractivity contribution in [1.82, 2.24) is 25.5 Å². The fourth-order valence-corrected chi connectivity index (χ4v) is 1.35. The molecule has 0 bridgehead atoms. The van der Waals surface area contributed by atoms with Gasteiger partial charge >= 0.3 is 5.97 Å². The third-order valence-electron chi connectivity index (χ3n) is 2.24. The molecule has 0 aliphatic heterocycles. The van der Waals surface area contributed by atoms with Gasteiger partial charge in [-0.2, -0.15) is 0 Å². The Hall–Kier alpha value is -2.71. The third kappa shape index (κ3) is 3.15. The van der Waals surface area contributed by atoms with Crippen LogP contribution in [0.2, 0.25) is 0 Å². The molecule has 1 amide bonds. The second-order valence-corrected chi connectivity index (χ2v) is 3.75. The van der Waals surface area contributed by atoms with E-state index < -0.39 is 5.97 Å². The molecular formula is C10H11N5O4. The van der Waals surface area contributed by atoms with Crippen LogP contribution in [-0.4, -0.2) is 43.7 Å². The summed E-state index contributed by atoms with van der Waals surface area (Å²) >= 11 is 0. The van der Waals surface area contributed by atoms with Gasteiger partial charge in [-0.25, -0.2) is 9.48 Å². The molecule has 9 heteroatoms. The number of aromatic carboxylic acids is 1. The smallest absolute Gasteiger partial charge is 0.358 e. The maximum absolute atomic E-state index is 11.6. The number of hydrogen-bond donors (Lipinski definition) is 2. The van der Waals surface area contributed by atoms with Gasteiger partial charge in [0.05, 0.1) is 12.7 Å². The van der Waals surface area contributed by atoms with Crippen molar-refractivity contribution in [3.8, 4) is 0 Å². The summed E-state index contributed by atoms with van der Waals surface area (Å²) in [6.45, 7) is 2.27. The van der Waals surface area contributed by atoms with Crippen LogP contribution in [0.1, 0.15) is 26.7 Å². The number of aryl methyl sites for hydroxylation is 1. The molecule has 0 radical (unpaired) electrons. The zero-order valence-electron chi connectivity index (χ0n) is 10.0. The third-order valence-corrected chi connectivity index (χ3v) is 2.24. The molecule has 2 N–H and O–H groups in total. The van der Waals surface area contributed by atoms with E-state index in [2.05, 4.69) is 20.8 Å². The molecule has 2 aromatic heterocycles. The summed E-state index contributed by atoms with van der Waals surface area (Å²) in [5.74, 6) is -0.962. The van der Waals surface area contributed by atoms with E-state index in [0.717, 1.165) is 0 Å². The Morgan fingerprint density at radius 1 is 1.47 bits per heavy atom. The van der Waals surface area contributed by atoms with Crippen LogP contribution in [0.25, 0.3) is 0 Å². The quantitative estimate of drug-likeness (QED) is 0.760. The number of nitrogens with one attached hydrogen (secondary N) is 1. The Morgan fingerprint density at radius 2 is 2.26 bits per heavy atom. The highest BCUT2D eigenvalue weighted by molar-refractivity contribution is 5.92. The molecule has 0 unspecified atom stereocenters. The van der Waals surface area contributed by atoms with E-state index in [1.165, 1.54) is 16.9 Å². The van der Waals surface area contributed by atoms with E-state index in [-0.39, 0.29) is 23.8 Å². The Labute approximate surface area is 107 Å². The van der Waals surface area contributed by atoms with Gasteiger partial charge in [0.1, 0.15) is 5.76 Å². The highest BCUT2D eigenvalue weighted by Gasteiger charge is 2.11. The molecule has 100 valence electrons. The highest BCUT2D eigenvalue weighted by Crippen LogP contribution is 2.00. The molecule has 0 saturated heterocycles. The minimum absolute atomic E-state index is 0.140. The molecular weight excluding hydrogens is 254 g/mol. The predicted molar refractivity (Wildman–Crippen MR) is 60.6 cm³/mol. The van der Waals surface area contributed by atoms with Crippen LogP contribution in [0, 0.1) is 6.92 Å². The fourth-order valence-electron chi connectivity index (χ4n) is 1.35. The standard InChI is InChI=1S/C10H11N5O4/c1-6-4-7(13-19-6)9(16)11-2-3-15-5-8(10(17)18)12-14-15/h4-5H,2-3H2,1H3,(H,11,16)(H,17,18). The first-order valence-corrected chi connectivity index (χ1v) is 5.41. The van der Waals surface area contributed by atoms with Gasteiger partial charge in [-0.05, 0) is 6.92 Å². The molecule has 0 aliphatic carbocycles. The minimum atomic E-state index is -1.15. The van der Waals surface area contributed by atoms with Crippen LogP contribution < -0.4 is 5.32 Å². The summed E-state index contributed by atoms with van der Waals surface area (Å²) in [5, 5.41) is 21.9. The topological polar surface area (TPSA) is 123 Å². The Kier molecular flexibility index (Phi) is 3.55. The van der Waals surface area contributed by atoms with Gasteiger partial charge in [0.15, 0.2) is 11.4 Å². The monoisotopic (exact) mass is 265 g/mol. The summed E-state index contributed by atoms with van der Waals surface area (Å²) in [5.41, 5.74) is 0.0563. The van der Waals surface area contributed by atoms with Crippen molar-refractivity contribution in [2.24, 2.45) is 0 Å². The van der Waals surface area contributed by atoms with E-state index in [1.807, 2.05) is 0 Å². The van der Waals surface area contributed by atoms with Crippen molar-refractivity contribution >= 4 is 11.9 Å².